The molecule has 0 unspecified atom stereocenters. The number of hydrogen-bond donors (Lipinski definition) is 2. The summed E-state index contributed by atoms with van der Waals surface area (Å²) >= 11 is 0. The molecule has 1 saturated heterocycles. The predicted octanol–water partition coefficient (Wildman–Crippen LogP) is 1.50. The number of hydrogen-bond acceptors (Lipinski definition) is 5. The number of sulfonamides is 1. The molecular weight excluding hydrogens is 300 g/mol. The van der Waals surface area contributed by atoms with Crippen LogP contribution in [0.1, 0.15) is 33.6 Å². The van der Waals surface area contributed by atoms with Crippen molar-refractivity contribution in [2.45, 2.75) is 45.3 Å². The summed E-state index contributed by atoms with van der Waals surface area (Å²) in [7, 11) is -4.01. The minimum atomic E-state index is -4.01. The van der Waals surface area contributed by atoms with Crippen molar-refractivity contribution in [2.75, 3.05) is 6.54 Å². The first-order valence-corrected chi connectivity index (χ1v) is 7.98. The molecule has 1 aliphatic rings. The Kier molecular flexibility index (Phi) is 5.21. The van der Waals surface area contributed by atoms with Crippen molar-refractivity contribution in [3.8, 4) is 0 Å². The van der Waals surface area contributed by atoms with E-state index in [4.69, 9.17) is 9.84 Å². The lowest BCUT2D eigenvalue weighted by molar-refractivity contribution is 0.0570. The van der Waals surface area contributed by atoms with Crippen molar-refractivity contribution in [2.24, 2.45) is 0 Å². The summed E-state index contributed by atoms with van der Waals surface area (Å²) < 4.78 is 30.0. The largest absolute Gasteiger partial charge is 0.465 e. The SMILES string of the molecule is CC(C)(C)OC(=O)NS(=O)(=O)/C=C/[C@@H]1CCCN1C(=O)O. The Morgan fingerprint density at radius 2 is 2.00 bits per heavy atom. The molecule has 1 fully saturated rings. The first-order valence-electron chi connectivity index (χ1n) is 6.44. The lowest BCUT2D eigenvalue weighted by Crippen LogP contribution is -2.36. The van der Waals surface area contributed by atoms with Gasteiger partial charge in [-0.05, 0) is 39.7 Å². The predicted molar refractivity (Wildman–Crippen MR) is 75.2 cm³/mol. The van der Waals surface area contributed by atoms with E-state index in [0.717, 1.165) is 10.3 Å². The van der Waals surface area contributed by atoms with E-state index in [2.05, 4.69) is 0 Å². The van der Waals surface area contributed by atoms with E-state index in [1.807, 2.05) is 0 Å². The molecule has 0 aliphatic carbocycles. The fourth-order valence-electron chi connectivity index (χ4n) is 1.87. The summed E-state index contributed by atoms with van der Waals surface area (Å²) in [5.41, 5.74) is -0.811. The van der Waals surface area contributed by atoms with Gasteiger partial charge in [0.1, 0.15) is 5.60 Å². The van der Waals surface area contributed by atoms with E-state index in [0.29, 0.717) is 19.4 Å². The van der Waals surface area contributed by atoms with E-state index in [-0.39, 0.29) is 0 Å². The Morgan fingerprint density at radius 1 is 1.38 bits per heavy atom. The van der Waals surface area contributed by atoms with Gasteiger partial charge in [0.25, 0.3) is 10.0 Å². The van der Waals surface area contributed by atoms with Gasteiger partial charge in [0.05, 0.1) is 6.04 Å². The van der Waals surface area contributed by atoms with Gasteiger partial charge in [0, 0.05) is 12.0 Å². The van der Waals surface area contributed by atoms with Crippen molar-refractivity contribution in [1.29, 1.82) is 0 Å². The molecule has 120 valence electrons. The summed E-state index contributed by atoms with van der Waals surface area (Å²) in [5, 5.41) is 9.73. The zero-order chi connectivity index (χ0) is 16.3. The third-order valence-electron chi connectivity index (χ3n) is 2.65. The molecule has 1 atom stereocenters. The van der Waals surface area contributed by atoms with Crippen LogP contribution in [0, 0.1) is 0 Å². The second-order valence-corrected chi connectivity index (χ2v) is 7.23. The molecule has 0 aromatic rings. The highest BCUT2D eigenvalue weighted by Crippen LogP contribution is 2.18. The van der Waals surface area contributed by atoms with Crippen molar-refractivity contribution in [1.82, 2.24) is 9.62 Å². The van der Waals surface area contributed by atoms with E-state index in [1.165, 1.54) is 6.08 Å². The van der Waals surface area contributed by atoms with Crippen LogP contribution in [-0.2, 0) is 14.8 Å². The first-order chi connectivity index (χ1) is 9.50. The third kappa shape index (κ3) is 6.03. The van der Waals surface area contributed by atoms with Gasteiger partial charge < -0.3 is 14.7 Å². The fourth-order valence-corrected chi connectivity index (χ4v) is 2.60. The fraction of sp³-hybridized carbons (Fsp3) is 0.667. The molecule has 2 amide bonds. The molecular formula is C12H20N2O6S. The Balaban J connectivity index is 2.66. The smallest absolute Gasteiger partial charge is 0.421 e. The molecule has 0 aromatic carbocycles. The van der Waals surface area contributed by atoms with Gasteiger partial charge in [0.15, 0.2) is 0 Å². The third-order valence-corrected chi connectivity index (χ3v) is 3.62. The second kappa shape index (κ2) is 6.33. The van der Waals surface area contributed by atoms with Crippen LogP contribution in [0.2, 0.25) is 0 Å². The molecule has 0 aromatic heterocycles. The Bertz CT molecular complexity index is 534. The van der Waals surface area contributed by atoms with Crippen LogP contribution in [0.4, 0.5) is 9.59 Å². The van der Waals surface area contributed by atoms with Crippen LogP contribution >= 0.6 is 0 Å². The number of carbonyl (C=O) groups is 2. The monoisotopic (exact) mass is 320 g/mol. The Morgan fingerprint density at radius 3 is 2.52 bits per heavy atom. The van der Waals surface area contributed by atoms with Gasteiger partial charge in [-0.1, -0.05) is 0 Å². The zero-order valence-electron chi connectivity index (χ0n) is 12.2. The van der Waals surface area contributed by atoms with Crippen LogP contribution < -0.4 is 4.72 Å². The Hall–Kier alpha value is -1.77. The van der Waals surface area contributed by atoms with E-state index in [9.17, 15) is 18.0 Å². The minimum absolute atomic E-state index is 0.365. The molecule has 2 N–H and O–H groups in total. The standard InChI is InChI=1S/C12H20N2O6S/c1-12(2,3)20-10(15)13-21(18,19)8-6-9-5-4-7-14(9)11(16)17/h6,8-9H,4-5,7H2,1-3H3,(H,13,15)(H,16,17)/b8-6+/t9-/m0/s1. The molecule has 1 aliphatic heterocycles. The zero-order valence-corrected chi connectivity index (χ0v) is 13.0. The number of ether oxygens (including phenoxy) is 1. The molecule has 9 heteroatoms. The summed E-state index contributed by atoms with van der Waals surface area (Å²) in [6.07, 6.45) is 0.299. The van der Waals surface area contributed by atoms with Crippen LogP contribution in [0.25, 0.3) is 0 Å². The Labute approximate surface area is 123 Å². The highest BCUT2D eigenvalue weighted by atomic mass is 32.2. The molecule has 21 heavy (non-hydrogen) atoms. The number of amides is 2. The molecule has 0 bridgehead atoms. The summed E-state index contributed by atoms with van der Waals surface area (Å²) in [5.74, 6) is 0. The van der Waals surface area contributed by atoms with Crippen LogP contribution in [0.15, 0.2) is 11.5 Å². The van der Waals surface area contributed by atoms with Gasteiger partial charge in [-0.15, -0.1) is 0 Å². The highest BCUT2D eigenvalue weighted by molar-refractivity contribution is 7.92. The average molecular weight is 320 g/mol. The lowest BCUT2D eigenvalue weighted by atomic mass is 10.2. The summed E-state index contributed by atoms with van der Waals surface area (Å²) in [4.78, 5) is 23.5. The number of likely N-dealkylation sites (tertiary alicyclic amines) is 1. The van der Waals surface area contributed by atoms with Crippen molar-refractivity contribution < 1.29 is 27.9 Å². The minimum Gasteiger partial charge on any atom is -0.465 e. The van der Waals surface area contributed by atoms with Crippen LogP contribution in [0.5, 0.6) is 0 Å². The molecule has 0 radical (unpaired) electrons. The van der Waals surface area contributed by atoms with Crippen molar-refractivity contribution in [3.63, 3.8) is 0 Å². The van der Waals surface area contributed by atoms with Crippen LogP contribution in [0.3, 0.4) is 0 Å². The van der Waals surface area contributed by atoms with Crippen molar-refractivity contribution >= 4 is 22.2 Å². The summed E-state index contributed by atoms with van der Waals surface area (Å²) in [6, 6.07) is -0.502. The highest BCUT2D eigenvalue weighted by Gasteiger charge is 2.27. The summed E-state index contributed by atoms with van der Waals surface area (Å²) in [6.45, 7) is 5.19. The maximum Gasteiger partial charge on any atom is 0.421 e. The first kappa shape index (κ1) is 17.3. The molecule has 1 heterocycles. The lowest BCUT2D eigenvalue weighted by Gasteiger charge is -2.19. The van der Waals surface area contributed by atoms with Crippen molar-refractivity contribution in [3.05, 3.63) is 11.5 Å². The number of nitrogens with one attached hydrogen (secondary N) is 1. The molecule has 0 spiro atoms. The molecule has 1 rings (SSSR count). The number of nitrogens with zero attached hydrogens (tertiary/aromatic N) is 1. The van der Waals surface area contributed by atoms with E-state index >= 15 is 0 Å². The average Bonchev–Trinajstić information content (AvgIpc) is 2.70. The maximum absolute atomic E-state index is 11.7. The normalized spacial score (nSPS) is 19.8. The number of rotatable bonds is 3. The topological polar surface area (TPSA) is 113 Å². The maximum atomic E-state index is 11.7. The molecule has 0 saturated carbocycles. The molecule has 8 nitrogen and oxygen atoms in total. The second-order valence-electron chi connectivity index (χ2n) is 5.66. The van der Waals surface area contributed by atoms with Gasteiger partial charge in [0.2, 0.25) is 0 Å². The van der Waals surface area contributed by atoms with E-state index < -0.39 is 33.9 Å². The van der Waals surface area contributed by atoms with Gasteiger partial charge in [-0.3, -0.25) is 0 Å². The quantitative estimate of drug-likeness (QED) is 0.814. The van der Waals surface area contributed by atoms with E-state index in [1.54, 1.807) is 25.5 Å². The van der Waals surface area contributed by atoms with Crippen LogP contribution in [-0.4, -0.2) is 48.8 Å². The van der Waals surface area contributed by atoms with Gasteiger partial charge in [-0.2, -0.15) is 0 Å². The van der Waals surface area contributed by atoms with Gasteiger partial charge in [-0.25, -0.2) is 22.7 Å². The number of carboxylic acid groups (broad SMARTS) is 1. The van der Waals surface area contributed by atoms with Gasteiger partial charge >= 0.3 is 12.2 Å². The number of carbonyl (C=O) groups excluding carboxylic acids is 1.